The number of unbranched alkanes of at least 4 members (excludes halogenated alkanes) is 5. The van der Waals surface area contributed by atoms with Crippen molar-refractivity contribution in [1.29, 1.82) is 0 Å². The molecule has 0 fully saturated rings. The van der Waals surface area contributed by atoms with E-state index in [1.54, 1.807) is 45.6 Å². The standard InChI is InChI=1S/C37H42NO6P/c1-42-28-14-20-31(21-15-28)45(41,32-22-16-29(43-2)17-23-32,33-24-18-30(44-3)19-25-33)27-11-7-5-4-6-10-26-38-36(39)34-12-8-9-13-35(34)37(38)40/h8-9,12-25,41H,4-7,10-11,26-27H2,1-3H3. The molecule has 1 heterocycles. The van der Waals surface area contributed by atoms with Crippen LogP contribution in [-0.4, -0.2) is 55.6 Å². The number of hydrogen-bond acceptors (Lipinski definition) is 6. The molecule has 2 amide bonds. The number of ether oxygens (including phenoxy) is 3. The molecule has 1 aliphatic heterocycles. The van der Waals surface area contributed by atoms with Gasteiger partial charge in [-0.25, -0.2) is 0 Å². The number of methoxy groups -OCH3 is 3. The van der Waals surface area contributed by atoms with Crippen LogP contribution in [0.1, 0.15) is 59.2 Å². The van der Waals surface area contributed by atoms with E-state index >= 15 is 0 Å². The first-order valence-electron chi connectivity index (χ1n) is 15.5. The molecule has 4 aromatic carbocycles. The first-order valence-corrected chi connectivity index (χ1v) is 17.9. The molecule has 0 atom stereocenters. The maximum atomic E-state index is 13.5. The Kier molecular flexibility index (Phi) is 9.91. The normalized spacial score (nSPS) is 13.7. The zero-order valence-electron chi connectivity index (χ0n) is 26.3. The molecule has 0 saturated heterocycles. The van der Waals surface area contributed by atoms with Crippen molar-refractivity contribution >= 4 is 34.6 Å². The van der Waals surface area contributed by atoms with E-state index < -0.39 is 6.83 Å². The van der Waals surface area contributed by atoms with Crippen LogP contribution >= 0.6 is 6.83 Å². The molecule has 1 N–H and O–H groups in total. The summed E-state index contributed by atoms with van der Waals surface area (Å²) in [4.78, 5) is 40.2. The number of fused-ring (bicyclic) bond motifs is 1. The molecular weight excluding hydrogens is 585 g/mol. The van der Waals surface area contributed by atoms with Crippen LogP contribution in [0.5, 0.6) is 17.2 Å². The Hall–Kier alpha value is -4.19. The Morgan fingerprint density at radius 2 is 0.889 bits per heavy atom. The van der Waals surface area contributed by atoms with E-state index in [0.717, 1.165) is 71.7 Å². The van der Waals surface area contributed by atoms with Crippen LogP contribution in [0.3, 0.4) is 0 Å². The van der Waals surface area contributed by atoms with Crippen LogP contribution in [0.4, 0.5) is 0 Å². The molecule has 1 aliphatic rings. The molecule has 236 valence electrons. The molecule has 0 spiro atoms. The molecule has 45 heavy (non-hydrogen) atoms. The van der Waals surface area contributed by atoms with Crippen LogP contribution in [-0.2, 0) is 0 Å². The summed E-state index contributed by atoms with van der Waals surface area (Å²) in [6.07, 6.45) is 6.00. The van der Waals surface area contributed by atoms with Gasteiger partial charge in [0, 0.05) is 0 Å². The first-order chi connectivity index (χ1) is 21.8. The van der Waals surface area contributed by atoms with E-state index in [9.17, 15) is 14.5 Å². The molecule has 7 nitrogen and oxygen atoms in total. The zero-order valence-corrected chi connectivity index (χ0v) is 27.2. The summed E-state index contributed by atoms with van der Waals surface area (Å²) in [6.45, 7) is -3.50. The first kappa shape index (κ1) is 32.2. The number of imide groups is 1. The van der Waals surface area contributed by atoms with Gasteiger partial charge in [-0.3, -0.25) is 0 Å². The Bertz CT molecular complexity index is 1470. The quantitative estimate of drug-likeness (QED) is 0.0977. The van der Waals surface area contributed by atoms with Gasteiger partial charge >= 0.3 is 254 Å². The van der Waals surface area contributed by atoms with Crippen molar-refractivity contribution < 1.29 is 28.7 Å². The van der Waals surface area contributed by atoms with Gasteiger partial charge in [-0.1, -0.05) is 12.1 Å². The van der Waals surface area contributed by atoms with Crippen LogP contribution in [0.15, 0.2) is 97.1 Å². The molecular formula is C37H42NO6P. The van der Waals surface area contributed by atoms with Crippen LogP contribution < -0.4 is 30.1 Å². The number of rotatable bonds is 15. The second-order valence-corrected chi connectivity index (χ2v) is 16.0. The summed E-state index contributed by atoms with van der Waals surface area (Å²) in [5.74, 6) is 1.80. The van der Waals surface area contributed by atoms with E-state index in [0.29, 0.717) is 23.8 Å². The van der Waals surface area contributed by atoms with Gasteiger partial charge in [-0.15, -0.1) is 0 Å². The molecule has 5 rings (SSSR count). The predicted molar refractivity (Wildman–Crippen MR) is 181 cm³/mol. The average Bonchev–Trinajstić information content (AvgIpc) is 3.34. The Labute approximate surface area is 265 Å². The molecule has 0 bridgehead atoms. The van der Waals surface area contributed by atoms with Crippen molar-refractivity contribution in [3.63, 3.8) is 0 Å². The van der Waals surface area contributed by atoms with E-state index in [-0.39, 0.29) is 11.8 Å². The number of carbonyl (C=O) groups is 2. The van der Waals surface area contributed by atoms with Crippen molar-refractivity contribution in [3.8, 4) is 17.2 Å². The minimum atomic E-state index is -3.94. The second-order valence-electron chi connectivity index (χ2n) is 11.5. The van der Waals surface area contributed by atoms with Crippen LogP contribution in [0.2, 0.25) is 0 Å². The zero-order chi connectivity index (χ0) is 31.9. The van der Waals surface area contributed by atoms with Crippen LogP contribution in [0.25, 0.3) is 0 Å². The Morgan fingerprint density at radius 1 is 0.533 bits per heavy atom. The van der Waals surface area contributed by atoms with E-state index in [4.69, 9.17) is 14.2 Å². The summed E-state index contributed by atoms with van der Waals surface area (Å²) < 4.78 is 16.4. The Morgan fingerprint density at radius 3 is 1.27 bits per heavy atom. The van der Waals surface area contributed by atoms with Crippen molar-refractivity contribution in [2.75, 3.05) is 34.0 Å². The van der Waals surface area contributed by atoms with Crippen molar-refractivity contribution in [2.24, 2.45) is 0 Å². The SMILES string of the molecule is COc1ccc(P(O)(CCCCCCCCN2C(=O)c3ccccc3C2=O)(c2ccc(OC)cc2)c2ccc(OC)cc2)cc1. The molecule has 0 aromatic heterocycles. The van der Waals surface area contributed by atoms with E-state index in [1.807, 2.05) is 72.8 Å². The van der Waals surface area contributed by atoms with Crippen molar-refractivity contribution in [2.45, 2.75) is 38.5 Å². The fourth-order valence-corrected chi connectivity index (χ4v) is 11.3. The molecule has 4 aromatic rings. The van der Waals surface area contributed by atoms with Gasteiger partial charge in [0.2, 0.25) is 0 Å². The fraction of sp³-hybridized carbons (Fsp3) is 0.297. The number of benzene rings is 4. The third-order valence-electron chi connectivity index (χ3n) is 8.99. The molecule has 0 aliphatic carbocycles. The number of hydrogen-bond donors (Lipinski definition) is 1. The summed E-state index contributed by atoms with van der Waals surface area (Å²) >= 11 is 0. The summed E-state index contributed by atoms with van der Waals surface area (Å²) in [5, 5.41) is 2.62. The third kappa shape index (κ3) is 6.20. The van der Waals surface area contributed by atoms with Crippen molar-refractivity contribution in [3.05, 3.63) is 108 Å². The van der Waals surface area contributed by atoms with E-state index in [2.05, 4.69) is 0 Å². The van der Waals surface area contributed by atoms with Gasteiger partial charge in [0.15, 0.2) is 0 Å². The van der Waals surface area contributed by atoms with Gasteiger partial charge in [0.1, 0.15) is 0 Å². The van der Waals surface area contributed by atoms with Gasteiger partial charge < -0.3 is 0 Å². The van der Waals surface area contributed by atoms with E-state index in [1.165, 1.54) is 4.90 Å². The van der Waals surface area contributed by atoms with Crippen LogP contribution in [0, 0.1) is 0 Å². The van der Waals surface area contributed by atoms with Gasteiger partial charge in [-0.05, 0) is 0 Å². The Balaban J connectivity index is 1.31. The number of amides is 2. The summed E-state index contributed by atoms with van der Waals surface area (Å²) in [6, 6.07) is 30.4. The monoisotopic (exact) mass is 627 g/mol. The maximum absolute atomic E-state index is 13.5. The average molecular weight is 628 g/mol. The number of carbonyl (C=O) groups excluding carboxylic acids is 2. The molecule has 8 heteroatoms. The molecule has 0 saturated carbocycles. The topological polar surface area (TPSA) is 85.3 Å². The third-order valence-corrected chi connectivity index (χ3v) is 14.4. The second kappa shape index (κ2) is 13.8. The summed E-state index contributed by atoms with van der Waals surface area (Å²) in [5.41, 5.74) is 0.997. The minimum absolute atomic E-state index is 0.194. The van der Waals surface area contributed by atoms with Gasteiger partial charge in [0.05, 0.1) is 0 Å². The van der Waals surface area contributed by atoms with Gasteiger partial charge in [0.25, 0.3) is 0 Å². The molecule has 0 radical (unpaired) electrons. The van der Waals surface area contributed by atoms with Gasteiger partial charge in [-0.2, -0.15) is 0 Å². The fourth-order valence-electron chi connectivity index (χ4n) is 6.38. The summed E-state index contributed by atoms with van der Waals surface area (Å²) in [7, 11) is 4.92. The predicted octanol–water partition coefficient (Wildman–Crippen LogP) is 6.09. The van der Waals surface area contributed by atoms with Crippen molar-refractivity contribution in [1.82, 2.24) is 4.90 Å². The molecule has 0 unspecified atom stereocenters. The number of nitrogens with zero attached hydrogens (tertiary/aromatic N) is 1.